The van der Waals surface area contributed by atoms with Gasteiger partial charge < -0.3 is 10.7 Å². The highest BCUT2D eigenvalue weighted by atomic mass is 35.5. The van der Waals surface area contributed by atoms with E-state index in [0.29, 0.717) is 59.4 Å². The summed E-state index contributed by atoms with van der Waals surface area (Å²) in [5.41, 5.74) is 9.04. The van der Waals surface area contributed by atoms with Gasteiger partial charge in [0.2, 0.25) is 0 Å². The maximum absolute atomic E-state index is 12.5. The molecule has 3 aromatic rings. The number of nitrogen functional groups attached to an aromatic ring is 1. The van der Waals surface area contributed by atoms with Crippen molar-refractivity contribution in [1.82, 2.24) is 14.9 Å². The molecule has 8 nitrogen and oxygen atoms in total. The Morgan fingerprint density at radius 3 is 2.72 bits per heavy atom. The summed E-state index contributed by atoms with van der Waals surface area (Å²) in [7, 11) is 0. The van der Waals surface area contributed by atoms with Crippen LogP contribution in [-0.2, 0) is 19.5 Å². The van der Waals surface area contributed by atoms with Crippen molar-refractivity contribution in [3.05, 3.63) is 84.8 Å². The average molecular weight is 412 g/mol. The van der Waals surface area contributed by atoms with Crippen molar-refractivity contribution >= 4 is 23.0 Å². The fourth-order valence-corrected chi connectivity index (χ4v) is 3.62. The minimum atomic E-state index is -0.439. The van der Waals surface area contributed by atoms with Gasteiger partial charge in [-0.2, -0.15) is 0 Å². The second-order valence-corrected chi connectivity index (χ2v) is 7.36. The van der Waals surface area contributed by atoms with Crippen molar-refractivity contribution < 1.29 is 4.92 Å². The fraction of sp³-hybridized carbons (Fsp3) is 0.200. The molecule has 4 rings (SSSR count). The quantitative estimate of drug-likeness (QED) is 0.387. The normalized spacial score (nSPS) is 13.8. The van der Waals surface area contributed by atoms with Gasteiger partial charge in [-0.15, -0.1) is 0 Å². The molecule has 148 valence electrons. The van der Waals surface area contributed by atoms with Crippen molar-refractivity contribution in [2.45, 2.75) is 19.5 Å². The summed E-state index contributed by atoms with van der Waals surface area (Å²) in [4.78, 5) is 32.7. The number of nitrogens with zero attached hydrogens (tertiary/aromatic N) is 3. The van der Waals surface area contributed by atoms with E-state index in [-0.39, 0.29) is 11.2 Å². The molecule has 0 atom stereocenters. The van der Waals surface area contributed by atoms with Crippen LogP contribution in [-0.4, -0.2) is 26.3 Å². The summed E-state index contributed by atoms with van der Waals surface area (Å²) >= 11 is 6.23. The number of hydrogen-bond acceptors (Lipinski definition) is 6. The molecule has 2 heterocycles. The number of nitrogens with two attached hydrogens (primary N) is 1. The molecule has 0 unspecified atom stereocenters. The summed E-state index contributed by atoms with van der Waals surface area (Å²) in [6, 6.07) is 11.5. The van der Waals surface area contributed by atoms with Gasteiger partial charge in [-0.1, -0.05) is 11.6 Å². The van der Waals surface area contributed by atoms with Gasteiger partial charge in [0.15, 0.2) is 0 Å². The summed E-state index contributed by atoms with van der Waals surface area (Å²) < 4.78 is 0. The number of fused-ring (bicyclic) bond motifs is 1. The van der Waals surface area contributed by atoms with Gasteiger partial charge >= 0.3 is 0 Å². The number of nitro benzene ring substituents is 1. The highest BCUT2D eigenvalue weighted by Crippen LogP contribution is 2.26. The molecule has 0 spiro atoms. The molecule has 0 fully saturated rings. The number of H-pyrrole nitrogens is 1. The molecule has 0 amide bonds. The van der Waals surface area contributed by atoms with E-state index in [1.165, 1.54) is 18.2 Å². The van der Waals surface area contributed by atoms with Crippen LogP contribution in [0.2, 0.25) is 5.02 Å². The third-order valence-corrected chi connectivity index (χ3v) is 5.34. The van der Waals surface area contributed by atoms with E-state index >= 15 is 0 Å². The van der Waals surface area contributed by atoms with Crippen molar-refractivity contribution in [2.75, 3.05) is 12.3 Å². The first-order chi connectivity index (χ1) is 13.9. The lowest BCUT2D eigenvalue weighted by atomic mass is 10.0. The van der Waals surface area contributed by atoms with Crippen LogP contribution in [0.15, 0.2) is 47.3 Å². The molecule has 0 aliphatic carbocycles. The number of non-ortho nitro benzene ring substituents is 1. The summed E-state index contributed by atoms with van der Waals surface area (Å²) in [5, 5.41) is 11.5. The molecule has 9 heteroatoms. The lowest BCUT2D eigenvalue weighted by Gasteiger charge is -2.28. The van der Waals surface area contributed by atoms with Crippen LogP contribution < -0.4 is 11.3 Å². The molecule has 0 radical (unpaired) electrons. The van der Waals surface area contributed by atoms with Crippen LogP contribution in [0, 0.1) is 10.1 Å². The summed E-state index contributed by atoms with van der Waals surface area (Å²) in [6.07, 6.45) is 0.548. The zero-order valence-corrected chi connectivity index (χ0v) is 16.1. The monoisotopic (exact) mass is 411 g/mol. The first kappa shape index (κ1) is 19.1. The maximum Gasteiger partial charge on any atom is 0.269 e. The van der Waals surface area contributed by atoms with Gasteiger partial charge in [-0.25, -0.2) is 4.98 Å². The molecular weight excluding hydrogens is 394 g/mol. The Kier molecular flexibility index (Phi) is 5.04. The van der Waals surface area contributed by atoms with Crippen molar-refractivity contribution in [1.29, 1.82) is 0 Å². The molecule has 3 N–H and O–H groups in total. The van der Waals surface area contributed by atoms with E-state index in [1.54, 1.807) is 12.1 Å². The largest absolute Gasteiger partial charge is 0.399 e. The molecule has 1 aliphatic rings. The van der Waals surface area contributed by atoms with Gasteiger partial charge in [0.25, 0.3) is 11.2 Å². The molecule has 0 saturated carbocycles. The third-order valence-electron chi connectivity index (χ3n) is 4.97. The Balaban J connectivity index is 1.61. The van der Waals surface area contributed by atoms with E-state index in [0.717, 1.165) is 5.56 Å². The second kappa shape index (κ2) is 7.65. The lowest BCUT2D eigenvalue weighted by Crippen LogP contribution is -2.35. The number of rotatable bonds is 4. The number of benzene rings is 2. The van der Waals surface area contributed by atoms with Crippen molar-refractivity contribution in [2.24, 2.45) is 0 Å². The van der Waals surface area contributed by atoms with E-state index < -0.39 is 4.92 Å². The average Bonchev–Trinajstić information content (AvgIpc) is 2.69. The number of hydrogen-bond donors (Lipinski definition) is 2. The van der Waals surface area contributed by atoms with Crippen LogP contribution in [0.3, 0.4) is 0 Å². The SMILES string of the molecule is Nc1ccc(-c2nc3c(c(=O)[nH]2)CCN(Cc2cc([N+](=O)[O-])ccc2Cl)C3)cc1. The Labute approximate surface area is 171 Å². The molecule has 0 bridgehead atoms. The summed E-state index contributed by atoms with van der Waals surface area (Å²) in [5.74, 6) is 0.490. The number of aromatic nitrogens is 2. The molecule has 29 heavy (non-hydrogen) atoms. The van der Waals surface area contributed by atoms with E-state index in [2.05, 4.69) is 14.9 Å². The number of nitrogens with one attached hydrogen (secondary N) is 1. The molecule has 0 saturated heterocycles. The molecule has 1 aliphatic heterocycles. The highest BCUT2D eigenvalue weighted by Gasteiger charge is 2.22. The van der Waals surface area contributed by atoms with E-state index in [9.17, 15) is 14.9 Å². The highest BCUT2D eigenvalue weighted by molar-refractivity contribution is 6.31. The van der Waals surface area contributed by atoms with Crippen molar-refractivity contribution in [3.8, 4) is 11.4 Å². The number of halogens is 1. The van der Waals surface area contributed by atoms with Gasteiger partial charge in [-0.3, -0.25) is 19.8 Å². The first-order valence-corrected chi connectivity index (χ1v) is 9.41. The molecule has 2 aromatic carbocycles. The van der Waals surface area contributed by atoms with Gasteiger partial charge in [0.05, 0.1) is 10.6 Å². The Bertz CT molecular complexity index is 1140. The van der Waals surface area contributed by atoms with Gasteiger partial charge in [0.1, 0.15) is 5.82 Å². The zero-order valence-electron chi connectivity index (χ0n) is 15.4. The minimum Gasteiger partial charge on any atom is -0.399 e. The van der Waals surface area contributed by atoms with Crippen LogP contribution in [0.4, 0.5) is 11.4 Å². The predicted molar refractivity (Wildman–Crippen MR) is 111 cm³/mol. The van der Waals surface area contributed by atoms with Crippen molar-refractivity contribution in [3.63, 3.8) is 0 Å². The number of nitro groups is 1. The van der Waals surface area contributed by atoms with E-state index in [1.807, 2.05) is 12.1 Å². The standard InChI is InChI=1S/C20H18ClN5O3/c21-17-6-5-15(26(28)29)9-13(17)10-25-8-7-16-18(11-25)23-19(24-20(16)27)12-1-3-14(22)4-2-12/h1-6,9H,7-8,10-11,22H2,(H,23,24,27). The van der Waals surface area contributed by atoms with E-state index in [4.69, 9.17) is 17.3 Å². The minimum absolute atomic E-state index is 0.00187. The van der Waals surface area contributed by atoms with Gasteiger partial charge in [-0.05, 0) is 42.3 Å². The second-order valence-electron chi connectivity index (χ2n) is 6.96. The van der Waals surface area contributed by atoms with Crippen LogP contribution >= 0.6 is 11.6 Å². The summed E-state index contributed by atoms with van der Waals surface area (Å²) in [6.45, 7) is 1.53. The number of anilines is 1. The molecule has 1 aromatic heterocycles. The topological polar surface area (TPSA) is 118 Å². The zero-order chi connectivity index (χ0) is 20.5. The van der Waals surface area contributed by atoms with Gasteiger partial charge in [0, 0.05) is 53.6 Å². The Morgan fingerprint density at radius 1 is 1.24 bits per heavy atom. The number of aromatic amines is 1. The lowest BCUT2D eigenvalue weighted by molar-refractivity contribution is -0.384. The Hall–Kier alpha value is -3.23. The molecular formula is C20H18ClN5O3. The van der Waals surface area contributed by atoms with Crippen LogP contribution in [0.1, 0.15) is 16.8 Å². The first-order valence-electron chi connectivity index (χ1n) is 9.04. The maximum atomic E-state index is 12.5. The van der Waals surface area contributed by atoms with Crippen LogP contribution in [0.5, 0.6) is 0 Å². The third kappa shape index (κ3) is 3.98. The fourth-order valence-electron chi connectivity index (χ4n) is 3.44. The Morgan fingerprint density at radius 2 is 2.00 bits per heavy atom. The smallest absolute Gasteiger partial charge is 0.269 e. The van der Waals surface area contributed by atoms with Crippen LogP contribution in [0.25, 0.3) is 11.4 Å². The predicted octanol–water partition coefficient (Wildman–Crippen LogP) is 3.14.